The number of nitro groups is 1. The van der Waals surface area contributed by atoms with Gasteiger partial charge in [-0.15, -0.1) is 0 Å². The largest absolute Gasteiger partial charge is 0.433 e. The van der Waals surface area contributed by atoms with Gasteiger partial charge in [0.15, 0.2) is 0 Å². The van der Waals surface area contributed by atoms with Crippen LogP contribution in [0.4, 0.5) is 24.7 Å². The average Bonchev–Trinajstić information content (AvgIpc) is 2.66. The molecule has 142 valence electrons. The number of nitro benzene ring substituents is 1. The van der Waals surface area contributed by atoms with E-state index in [9.17, 15) is 23.3 Å². The highest BCUT2D eigenvalue weighted by atomic mass is 19.4. The van der Waals surface area contributed by atoms with Crippen molar-refractivity contribution < 1.29 is 18.1 Å². The number of benzene rings is 1. The summed E-state index contributed by atoms with van der Waals surface area (Å²) in [6.45, 7) is 1.72. The van der Waals surface area contributed by atoms with Crippen LogP contribution in [-0.4, -0.2) is 45.0 Å². The van der Waals surface area contributed by atoms with Crippen LogP contribution in [-0.2, 0) is 12.7 Å². The fourth-order valence-corrected chi connectivity index (χ4v) is 3.79. The van der Waals surface area contributed by atoms with Crippen molar-refractivity contribution in [3.8, 4) is 0 Å². The molecule has 0 N–H and O–H groups in total. The minimum atomic E-state index is -4.50. The molecule has 27 heavy (non-hydrogen) atoms. The summed E-state index contributed by atoms with van der Waals surface area (Å²) < 4.78 is 38.5. The zero-order valence-corrected chi connectivity index (χ0v) is 14.1. The third-order valence-electron chi connectivity index (χ3n) is 5.10. The maximum absolute atomic E-state index is 12.8. The Morgan fingerprint density at radius 3 is 2.59 bits per heavy atom. The monoisotopic (exact) mass is 379 g/mol. The van der Waals surface area contributed by atoms with Crippen molar-refractivity contribution in [3.05, 3.63) is 58.0 Å². The normalized spacial score (nSPS) is 22.4. The summed E-state index contributed by atoms with van der Waals surface area (Å²) in [6.07, 6.45) is -2.59. The first-order valence-corrected chi connectivity index (χ1v) is 8.44. The highest BCUT2D eigenvalue weighted by molar-refractivity contribution is 5.42. The molecule has 2 bridgehead atoms. The first-order chi connectivity index (χ1) is 12.8. The van der Waals surface area contributed by atoms with Crippen molar-refractivity contribution in [1.29, 1.82) is 0 Å². The van der Waals surface area contributed by atoms with Crippen molar-refractivity contribution in [2.45, 2.75) is 31.2 Å². The minimum Gasteiger partial charge on any atom is -0.353 e. The lowest BCUT2D eigenvalue weighted by Gasteiger charge is -2.56. The Bertz CT molecular complexity index is 864. The molecule has 2 unspecified atom stereocenters. The number of anilines is 1. The highest BCUT2D eigenvalue weighted by Gasteiger charge is 2.45. The molecule has 3 aliphatic heterocycles. The summed E-state index contributed by atoms with van der Waals surface area (Å²) in [5.41, 5.74) is -0.0329. The van der Waals surface area contributed by atoms with E-state index in [1.54, 1.807) is 12.1 Å². The molecule has 0 saturated carbocycles. The number of fused-ring (bicyclic) bond motifs is 2. The SMILES string of the molecule is O=[N+]([O-])c1cccc(CN2C3CC2CN(c2cc(C(F)(F)F)ncn2)C3)c1. The van der Waals surface area contributed by atoms with E-state index >= 15 is 0 Å². The molecule has 3 saturated heterocycles. The Morgan fingerprint density at radius 2 is 1.93 bits per heavy atom. The Balaban J connectivity index is 1.44. The Labute approximate surface area is 152 Å². The van der Waals surface area contributed by atoms with Gasteiger partial charge in [0.2, 0.25) is 0 Å². The molecule has 1 aromatic heterocycles. The first-order valence-electron chi connectivity index (χ1n) is 8.44. The van der Waals surface area contributed by atoms with Crippen LogP contribution in [0.3, 0.4) is 0 Å². The van der Waals surface area contributed by atoms with Crippen LogP contribution in [0.15, 0.2) is 36.7 Å². The van der Waals surface area contributed by atoms with Gasteiger partial charge < -0.3 is 4.90 Å². The lowest BCUT2D eigenvalue weighted by atomic mass is 9.86. The molecule has 0 spiro atoms. The maximum Gasteiger partial charge on any atom is 0.433 e. The minimum absolute atomic E-state index is 0.0560. The molecule has 7 nitrogen and oxygen atoms in total. The van der Waals surface area contributed by atoms with Gasteiger partial charge >= 0.3 is 6.18 Å². The van der Waals surface area contributed by atoms with E-state index in [4.69, 9.17) is 0 Å². The Kier molecular flexibility index (Phi) is 4.22. The van der Waals surface area contributed by atoms with E-state index in [0.717, 1.165) is 24.4 Å². The van der Waals surface area contributed by atoms with Crippen LogP contribution in [0.5, 0.6) is 0 Å². The molecule has 0 radical (unpaired) electrons. The lowest BCUT2D eigenvalue weighted by molar-refractivity contribution is -0.384. The van der Waals surface area contributed by atoms with Gasteiger partial charge in [-0.05, 0) is 12.0 Å². The Hall–Kier alpha value is -2.75. The molecule has 1 aromatic carbocycles. The quantitative estimate of drug-likeness (QED) is 0.601. The van der Waals surface area contributed by atoms with Crippen LogP contribution < -0.4 is 4.90 Å². The summed E-state index contributed by atoms with van der Waals surface area (Å²) in [4.78, 5) is 21.9. The van der Waals surface area contributed by atoms with Crippen LogP contribution in [0.1, 0.15) is 17.7 Å². The number of hydrogen-bond donors (Lipinski definition) is 0. The fraction of sp³-hybridized carbons (Fsp3) is 0.412. The van der Waals surface area contributed by atoms with Crippen molar-refractivity contribution >= 4 is 11.5 Å². The molecule has 2 atom stereocenters. The number of aromatic nitrogens is 2. The molecule has 4 heterocycles. The highest BCUT2D eigenvalue weighted by Crippen LogP contribution is 2.36. The molecule has 2 aromatic rings. The molecule has 3 aliphatic rings. The molecular weight excluding hydrogens is 363 g/mol. The van der Waals surface area contributed by atoms with E-state index in [0.29, 0.717) is 19.6 Å². The van der Waals surface area contributed by atoms with Crippen molar-refractivity contribution in [1.82, 2.24) is 14.9 Å². The van der Waals surface area contributed by atoms with Crippen molar-refractivity contribution in [2.24, 2.45) is 0 Å². The third-order valence-corrected chi connectivity index (χ3v) is 5.10. The predicted molar refractivity (Wildman–Crippen MR) is 90.1 cm³/mol. The molecule has 10 heteroatoms. The molecular formula is C17H16F3N5O2. The first kappa shape index (κ1) is 17.7. The zero-order chi connectivity index (χ0) is 19.2. The third kappa shape index (κ3) is 3.44. The number of hydrogen-bond acceptors (Lipinski definition) is 6. The standard InChI is InChI=1S/C17H16F3N5O2/c18-17(19,20)15-6-16(22-10-21-15)23-8-13-5-14(9-23)24(13)7-11-2-1-3-12(4-11)25(26)27/h1-4,6,10,13-14H,5,7-9H2. The van der Waals surface area contributed by atoms with Gasteiger partial charge in [-0.3, -0.25) is 15.0 Å². The smallest absolute Gasteiger partial charge is 0.353 e. The van der Waals surface area contributed by atoms with E-state index in [1.165, 1.54) is 6.07 Å². The molecule has 5 rings (SSSR count). The molecule has 0 aliphatic carbocycles. The second kappa shape index (κ2) is 6.45. The number of non-ortho nitro benzene ring substituents is 1. The summed E-state index contributed by atoms with van der Waals surface area (Å²) in [7, 11) is 0. The second-order valence-corrected chi connectivity index (χ2v) is 6.81. The average molecular weight is 379 g/mol. The predicted octanol–water partition coefficient (Wildman–Crippen LogP) is 2.87. The van der Waals surface area contributed by atoms with Crippen LogP contribution >= 0.6 is 0 Å². The Morgan fingerprint density at radius 1 is 1.19 bits per heavy atom. The van der Waals surface area contributed by atoms with Crippen LogP contribution in [0.25, 0.3) is 0 Å². The van der Waals surface area contributed by atoms with Gasteiger partial charge in [-0.1, -0.05) is 12.1 Å². The number of rotatable bonds is 4. The number of nitrogens with zero attached hydrogens (tertiary/aromatic N) is 5. The van der Waals surface area contributed by atoms with Crippen LogP contribution in [0.2, 0.25) is 0 Å². The lowest BCUT2D eigenvalue weighted by Crippen LogP contribution is -2.68. The molecule has 0 amide bonds. The number of piperidine rings is 1. The van der Waals surface area contributed by atoms with E-state index in [1.807, 2.05) is 11.0 Å². The molecule has 3 fully saturated rings. The van der Waals surface area contributed by atoms with Gasteiger partial charge in [0.1, 0.15) is 17.8 Å². The van der Waals surface area contributed by atoms with Gasteiger partial charge in [0.05, 0.1) is 4.92 Å². The maximum atomic E-state index is 12.8. The van der Waals surface area contributed by atoms with E-state index in [2.05, 4.69) is 14.9 Å². The zero-order valence-electron chi connectivity index (χ0n) is 14.1. The van der Waals surface area contributed by atoms with Crippen molar-refractivity contribution in [3.63, 3.8) is 0 Å². The van der Waals surface area contributed by atoms with Gasteiger partial charge in [0.25, 0.3) is 5.69 Å². The van der Waals surface area contributed by atoms with Crippen molar-refractivity contribution in [2.75, 3.05) is 18.0 Å². The second-order valence-electron chi connectivity index (χ2n) is 6.81. The summed E-state index contributed by atoms with van der Waals surface area (Å²) >= 11 is 0. The van der Waals surface area contributed by atoms with Gasteiger partial charge in [-0.2, -0.15) is 13.2 Å². The topological polar surface area (TPSA) is 75.4 Å². The van der Waals surface area contributed by atoms with Gasteiger partial charge in [0, 0.05) is 49.9 Å². The number of halogens is 3. The number of alkyl halides is 3. The van der Waals surface area contributed by atoms with E-state index < -0.39 is 16.8 Å². The summed E-state index contributed by atoms with van der Waals surface area (Å²) in [5, 5.41) is 10.9. The van der Waals surface area contributed by atoms with Crippen LogP contribution in [0, 0.1) is 10.1 Å². The van der Waals surface area contributed by atoms with Gasteiger partial charge in [-0.25, -0.2) is 9.97 Å². The number of piperazine rings is 1. The fourth-order valence-electron chi connectivity index (χ4n) is 3.79. The summed E-state index contributed by atoms with van der Waals surface area (Å²) in [5.74, 6) is 0.280. The summed E-state index contributed by atoms with van der Waals surface area (Å²) in [6, 6.07) is 7.88. The van der Waals surface area contributed by atoms with E-state index in [-0.39, 0.29) is 23.6 Å².